The van der Waals surface area contributed by atoms with Crippen LogP contribution in [0.1, 0.15) is 107 Å². The Morgan fingerprint density at radius 2 is 1.61 bits per heavy atom. The van der Waals surface area contributed by atoms with Crippen molar-refractivity contribution in [1.82, 2.24) is 14.1 Å². The molecule has 0 unspecified atom stereocenters. The summed E-state index contributed by atoms with van der Waals surface area (Å²) in [6, 6.07) is 37.9. The number of hydrogen-bond donors (Lipinski definition) is 0. The van der Waals surface area contributed by atoms with Crippen LogP contribution in [0.25, 0.3) is 55.1 Å². The zero-order valence-electron chi connectivity index (χ0n) is 36.0. The summed E-state index contributed by atoms with van der Waals surface area (Å²) in [5, 5.41) is 4.54. The van der Waals surface area contributed by atoms with E-state index in [4.69, 9.17) is 14.7 Å². The van der Waals surface area contributed by atoms with Gasteiger partial charge in [0.2, 0.25) is 0 Å². The molecule has 6 heteroatoms. The summed E-state index contributed by atoms with van der Waals surface area (Å²) in [7, 11) is 0. The van der Waals surface area contributed by atoms with Crippen LogP contribution in [0.15, 0.2) is 96.1 Å². The van der Waals surface area contributed by atoms with Crippen LogP contribution < -0.4 is 0 Å². The molecular formula is C51H48N4OPt. The summed E-state index contributed by atoms with van der Waals surface area (Å²) in [5.74, 6) is 0.717. The maximum absolute atomic E-state index is 9.19. The van der Waals surface area contributed by atoms with Gasteiger partial charge in [0.1, 0.15) is 23.2 Å². The fourth-order valence-corrected chi connectivity index (χ4v) is 8.90. The molecule has 5 nitrogen and oxygen atoms in total. The minimum absolute atomic E-state index is 0. The van der Waals surface area contributed by atoms with Gasteiger partial charge in [-0.25, -0.2) is 4.98 Å². The van der Waals surface area contributed by atoms with Crippen LogP contribution >= 0.6 is 0 Å². The molecule has 288 valence electrons. The Morgan fingerprint density at radius 3 is 2.40 bits per heavy atom. The summed E-state index contributed by atoms with van der Waals surface area (Å²) < 4.78 is 29.7. The molecule has 5 aromatic carbocycles. The number of aliphatic imine (C=N–C) groups is 1. The van der Waals surface area contributed by atoms with Crippen molar-refractivity contribution in [3.8, 4) is 11.4 Å². The van der Waals surface area contributed by atoms with Crippen molar-refractivity contribution < 1.29 is 28.5 Å². The molecule has 0 fully saturated rings. The van der Waals surface area contributed by atoms with Gasteiger partial charge in [0.05, 0.1) is 5.52 Å². The van der Waals surface area contributed by atoms with Crippen LogP contribution in [0.2, 0.25) is 0 Å². The van der Waals surface area contributed by atoms with Gasteiger partial charge < -0.3 is 13.9 Å². The van der Waals surface area contributed by atoms with E-state index in [0.717, 1.165) is 83.1 Å². The van der Waals surface area contributed by atoms with Gasteiger partial charge in [0.25, 0.3) is 0 Å². The van der Waals surface area contributed by atoms with Crippen molar-refractivity contribution in [3.63, 3.8) is 0 Å². The third kappa shape index (κ3) is 5.83. The number of nitrogens with zero attached hydrogens (tertiary/aromatic N) is 4. The molecule has 8 aromatic rings. The molecule has 0 amide bonds. The Morgan fingerprint density at radius 1 is 0.842 bits per heavy atom. The first kappa shape index (κ1) is 35.2. The maximum atomic E-state index is 9.19. The number of pyridine rings is 1. The van der Waals surface area contributed by atoms with Crippen LogP contribution in [0.4, 0.5) is 0 Å². The predicted octanol–water partition coefficient (Wildman–Crippen LogP) is 12.4. The SMILES string of the molecule is [2H]C1([2H])C[C@]2(C)OC(c3[c-]c(-n4c5[c-]c(-n6c7ccc(C(C)(C)C)cc7c7cccnc76)ccc5c5cc(C)ccc54)cc(C(C)C)c3)=N[C@@H]2c2ccc(C)c(C)c21.[Pt+2]. The average Bonchev–Trinajstić information content (AvgIpc) is 3.81. The van der Waals surface area contributed by atoms with E-state index in [1.165, 1.54) is 16.5 Å². The van der Waals surface area contributed by atoms with Crippen molar-refractivity contribution in [1.29, 1.82) is 0 Å². The molecule has 2 aliphatic rings. The molecule has 4 heterocycles. The molecule has 2 atom stereocenters. The zero-order chi connectivity index (χ0) is 40.6. The van der Waals surface area contributed by atoms with Gasteiger partial charge in [-0.1, -0.05) is 87.3 Å². The molecule has 0 radical (unpaired) electrons. The van der Waals surface area contributed by atoms with Crippen LogP contribution in [0.5, 0.6) is 0 Å². The smallest absolute Gasteiger partial charge is 0.512 e. The van der Waals surface area contributed by atoms with Crippen LogP contribution in [0.3, 0.4) is 0 Å². The van der Waals surface area contributed by atoms with Gasteiger partial charge in [-0.15, -0.1) is 41.3 Å². The minimum Gasteiger partial charge on any atom is -0.512 e. The van der Waals surface area contributed by atoms with E-state index < -0.39 is 12.0 Å². The molecule has 1 aliphatic carbocycles. The topological polar surface area (TPSA) is 44.3 Å². The number of fused-ring (bicyclic) bond motifs is 9. The van der Waals surface area contributed by atoms with Gasteiger partial charge >= 0.3 is 21.1 Å². The summed E-state index contributed by atoms with van der Waals surface area (Å²) in [4.78, 5) is 10.2. The molecule has 0 saturated carbocycles. The quantitative estimate of drug-likeness (QED) is 0.165. The minimum atomic E-state index is -1.55. The maximum Gasteiger partial charge on any atom is 2.00 e. The third-order valence-electron chi connectivity index (χ3n) is 12.3. The number of hydrogen-bond acceptors (Lipinski definition) is 3. The number of benzene rings is 5. The molecule has 0 bridgehead atoms. The van der Waals surface area contributed by atoms with E-state index in [2.05, 4.69) is 142 Å². The van der Waals surface area contributed by atoms with E-state index in [9.17, 15) is 2.74 Å². The second kappa shape index (κ2) is 13.3. The second-order valence-corrected chi connectivity index (χ2v) is 17.6. The first-order valence-electron chi connectivity index (χ1n) is 20.8. The monoisotopic (exact) mass is 929 g/mol. The summed E-state index contributed by atoms with van der Waals surface area (Å²) in [6.45, 7) is 19.4. The van der Waals surface area contributed by atoms with Gasteiger partial charge in [-0.2, -0.15) is 6.07 Å². The number of aromatic nitrogens is 3. The standard InChI is InChI=1S/C51H48N4O.Pt/c1-29(2)33-24-34(49-53-47-40-16-13-31(4)32(5)38(40)20-21-51(47,9)56-49)26-37(25-33)54-44-18-12-30(3)23-42(44)39-17-15-36(28-46(39)54)55-45-19-14-35(50(6,7)8)27-43(45)41-11-10-22-52-48(41)55;/h10-19,22-25,27,29,47H,20-21H2,1-9H3;/q-2;+2/t47-,51+;/m1./s1/i20D2;. The molecule has 10 rings (SSSR count). The molecule has 57 heavy (non-hydrogen) atoms. The molecule has 3 aromatic heterocycles. The van der Waals surface area contributed by atoms with Gasteiger partial charge in [0, 0.05) is 25.2 Å². The Balaban J connectivity index is 0.00000449. The summed E-state index contributed by atoms with van der Waals surface area (Å²) in [5.41, 5.74) is 13.1. The Hall–Kier alpha value is -4.99. The van der Waals surface area contributed by atoms with Gasteiger partial charge in [-0.3, -0.25) is 4.99 Å². The molecule has 0 saturated heterocycles. The van der Waals surface area contributed by atoms with Crippen LogP contribution in [-0.2, 0) is 37.6 Å². The fraction of sp³-hybridized carbons (Fsp3) is 0.294. The zero-order valence-corrected chi connectivity index (χ0v) is 36.3. The van der Waals surface area contributed by atoms with E-state index >= 15 is 0 Å². The van der Waals surface area contributed by atoms with Crippen LogP contribution in [-0.4, -0.2) is 25.6 Å². The Labute approximate surface area is 352 Å². The van der Waals surface area contributed by atoms with Crippen LogP contribution in [0, 0.1) is 32.9 Å². The predicted molar refractivity (Wildman–Crippen MR) is 231 cm³/mol. The summed E-state index contributed by atoms with van der Waals surface area (Å²) >= 11 is 0. The largest absolute Gasteiger partial charge is 2.00 e. The van der Waals surface area contributed by atoms with E-state index in [0.29, 0.717) is 5.90 Å². The number of aryl methyl sites for hydroxylation is 2. The van der Waals surface area contributed by atoms with Gasteiger partial charge in [0.15, 0.2) is 0 Å². The van der Waals surface area contributed by atoms with E-state index in [1.54, 1.807) is 0 Å². The molecular weight excluding hydrogens is 880 g/mol. The van der Waals surface area contributed by atoms with Crippen molar-refractivity contribution in [3.05, 3.63) is 148 Å². The van der Waals surface area contributed by atoms with Gasteiger partial charge in [-0.05, 0) is 121 Å². The van der Waals surface area contributed by atoms with E-state index in [-0.39, 0.29) is 44.9 Å². The normalized spacial score (nSPS) is 19.3. The van der Waals surface area contributed by atoms with Crippen molar-refractivity contribution >= 4 is 49.6 Å². The van der Waals surface area contributed by atoms with E-state index in [1.807, 2.05) is 33.0 Å². The van der Waals surface area contributed by atoms with Crippen molar-refractivity contribution in [2.24, 2.45) is 4.99 Å². The van der Waals surface area contributed by atoms with Crippen molar-refractivity contribution in [2.45, 2.75) is 98.1 Å². The molecule has 0 spiro atoms. The Kier molecular flexibility index (Phi) is 8.20. The Bertz CT molecular complexity index is 3080. The first-order valence-corrected chi connectivity index (χ1v) is 19.8. The summed E-state index contributed by atoms with van der Waals surface area (Å²) in [6.07, 6.45) is 0.532. The molecule has 0 N–H and O–H groups in total. The number of ether oxygens (including phenoxy) is 1. The fourth-order valence-electron chi connectivity index (χ4n) is 8.90. The first-order chi connectivity index (χ1) is 27.5. The average molecular weight is 930 g/mol. The molecule has 1 aliphatic heterocycles. The number of rotatable bonds is 4. The van der Waals surface area contributed by atoms with Crippen molar-refractivity contribution in [2.75, 3.05) is 0 Å². The third-order valence-corrected chi connectivity index (χ3v) is 12.3. The second-order valence-electron chi connectivity index (χ2n) is 17.6.